The minimum atomic E-state index is -0.368. The first-order chi connectivity index (χ1) is 17.3. The van der Waals surface area contributed by atoms with Crippen molar-refractivity contribution in [1.29, 1.82) is 0 Å². The maximum Gasteiger partial charge on any atom is 0.314 e. The van der Waals surface area contributed by atoms with Crippen LogP contribution in [-0.2, 0) is 17.6 Å². The molecule has 3 amide bonds. The number of pyridine rings is 1. The number of hydrogen-bond donors (Lipinski definition) is 1. The highest BCUT2D eigenvalue weighted by Gasteiger charge is 2.37. The Morgan fingerprint density at radius 2 is 1.64 bits per heavy atom. The number of piperidine rings is 2. The lowest BCUT2D eigenvalue weighted by Gasteiger charge is -2.38. The van der Waals surface area contributed by atoms with Gasteiger partial charge in [-0.25, -0.2) is 4.79 Å². The number of fused-ring (bicyclic) bond motifs is 2. The first-order valence-electron chi connectivity index (χ1n) is 12.7. The highest BCUT2D eigenvalue weighted by molar-refractivity contribution is 9.10. The van der Waals surface area contributed by atoms with Gasteiger partial charge >= 0.3 is 6.03 Å². The minimum Gasteiger partial charge on any atom is -0.351 e. The molecular formula is C27H31BrCl2N4O2. The van der Waals surface area contributed by atoms with Gasteiger partial charge in [0.05, 0.1) is 5.69 Å². The number of likely N-dealkylation sites (tertiary alicyclic amines) is 2. The molecule has 2 saturated heterocycles. The van der Waals surface area contributed by atoms with Crippen LogP contribution in [0.5, 0.6) is 0 Å². The Hall–Kier alpha value is -1.83. The molecule has 3 heterocycles. The summed E-state index contributed by atoms with van der Waals surface area (Å²) < 4.78 is 0.983. The predicted octanol–water partition coefficient (Wildman–Crippen LogP) is 5.80. The topological polar surface area (TPSA) is 79.5 Å². The van der Waals surface area contributed by atoms with E-state index in [1.165, 1.54) is 11.1 Å². The molecule has 0 radical (unpaired) electrons. The van der Waals surface area contributed by atoms with Gasteiger partial charge in [-0.3, -0.25) is 9.78 Å². The molecule has 1 aliphatic carbocycles. The van der Waals surface area contributed by atoms with Crippen molar-refractivity contribution in [3.05, 3.63) is 61.3 Å². The van der Waals surface area contributed by atoms with Gasteiger partial charge in [-0.05, 0) is 101 Å². The third-order valence-electron chi connectivity index (χ3n) is 8.17. The second-order valence-corrected chi connectivity index (χ2v) is 12.1. The van der Waals surface area contributed by atoms with Gasteiger partial charge in [-0.2, -0.15) is 0 Å². The number of hydrogen-bond acceptors (Lipinski definition) is 3. The number of nitrogens with zero attached hydrogens (tertiary/aromatic N) is 3. The second kappa shape index (κ2) is 10.9. The summed E-state index contributed by atoms with van der Waals surface area (Å²) in [7, 11) is 0. The Balaban J connectivity index is 1.31. The van der Waals surface area contributed by atoms with Crippen molar-refractivity contribution in [1.82, 2.24) is 14.8 Å². The van der Waals surface area contributed by atoms with Crippen LogP contribution in [0.1, 0.15) is 60.4 Å². The van der Waals surface area contributed by atoms with E-state index in [0.29, 0.717) is 41.4 Å². The molecule has 192 valence electrons. The smallest absolute Gasteiger partial charge is 0.314 e. The number of halogens is 3. The second-order valence-electron chi connectivity index (χ2n) is 10.3. The number of rotatable bonds is 3. The Kier molecular flexibility index (Phi) is 7.80. The summed E-state index contributed by atoms with van der Waals surface area (Å²) in [6.07, 6.45) is 7.69. The van der Waals surface area contributed by atoms with E-state index in [4.69, 9.17) is 33.9 Å². The zero-order valence-corrected chi connectivity index (χ0v) is 23.3. The number of carbonyl (C=O) groups excluding carboxylic acids is 2. The number of primary amides is 1. The number of benzene rings is 1. The molecule has 1 atom stereocenters. The molecule has 2 aromatic rings. The summed E-state index contributed by atoms with van der Waals surface area (Å²) in [5, 5.41) is 1.38. The van der Waals surface area contributed by atoms with Crippen LogP contribution in [0.4, 0.5) is 4.79 Å². The molecule has 1 aromatic carbocycles. The summed E-state index contributed by atoms with van der Waals surface area (Å²) in [5.41, 5.74) is 10.1. The van der Waals surface area contributed by atoms with E-state index >= 15 is 0 Å². The van der Waals surface area contributed by atoms with Crippen molar-refractivity contribution >= 4 is 51.1 Å². The average Bonchev–Trinajstić information content (AvgIpc) is 3.01. The molecule has 0 bridgehead atoms. The molecule has 3 aliphatic rings. The molecule has 1 aromatic heterocycles. The normalized spacial score (nSPS) is 21.0. The van der Waals surface area contributed by atoms with Gasteiger partial charge in [0.1, 0.15) is 0 Å². The van der Waals surface area contributed by atoms with E-state index in [0.717, 1.165) is 67.3 Å². The summed E-state index contributed by atoms with van der Waals surface area (Å²) in [4.78, 5) is 33.1. The first-order valence-corrected chi connectivity index (χ1v) is 14.3. The van der Waals surface area contributed by atoms with Gasteiger partial charge in [-0.1, -0.05) is 23.2 Å². The van der Waals surface area contributed by atoms with Crippen molar-refractivity contribution < 1.29 is 9.59 Å². The Morgan fingerprint density at radius 1 is 0.972 bits per heavy atom. The van der Waals surface area contributed by atoms with E-state index in [2.05, 4.69) is 28.1 Å². The van der Waals surface area contributed by atoms with Gasteiger partial charge in [0.25, 0.3) is 0 Å². The number of carbonyl (C=O) groups is 2. The number of urea groups is 1. The molecule has 0 saturated carbocycles. The third-order valence-corrected chi connectivity index (χ3v) is 9.14. The monoisotopic (exact) mass is 592 g/mol. The number of nitrogens with two attached hydrogens (primary N) is 1. The van der Waals surface area contributed by atoms with E-state index in [1.807, 2.05) is 17.2 Å². The van der Waals surface area contributed by atoms with Gasteiger partial charge < -0.3 is 15.5 Å². The fraction of sp³-hybridized carbons (Fsp3) is 0.519. The molecule has 9 heteroatoms. The quantitative estimate of drug-likeness (QED) is 0.488. The minimum absolute atomic E-state index is 0.0887. The third kappa shape index (κ3) is 5.39. The Labute approximate surface area is 230 Å². The van der Waals surface area contributed by atoms with E-state index in [1.54, 1.807) is 4.90 Å². The molecule has 36 heavy (non-hydrogen) atoms. The van der Waals surface area contributed by atoms with E-state index in [-0.39, 0.29) is 17.9 Å². The summed E-state index contributed by atoms with van der Waals surface area (Å²) >= 11 is 16.8. The molecule has 2 N–H and O–H groups in total. The van der Waals surface area contributed by atoms with Crippen molar-refractivity contribution in [2.75, 3.05) is 26.2 Å². The van der Waals surface area contributed by atoms with Gasteiger partial charge in [-0.15, -0.1) is 0 Å². The van der Waals surface area contributed by atoms with Crippen LogP contribution in [0.25, 0.3) is 0 Å². The van der Waals surface area contributed by atoms with Gasteiger partial charge in [0.2, 0.25) is 5.91 Å². The van der Waals surface area contributed by atoms with Crippen LogP contribution in [0.2, 0.25) is 10.0 Å². The first kappa shape index (κ1) is 25.8. The fourth-order valence-electron chi connectivity index (χ4n) is 6.25. The van der Waals surface area contributed by atoms with E-state index in [9.17, 15) is 9.59 Å². The Morgan fingerprint density at radius 3 is 2.33 bits per heavy atom. The maximum absolute atomic E-state index is 13.1. The van der Waals surface area contributed by atoms with Crippen LogP contribution >= 0.6 is 39.1 Å². The van der Waals surface area contributed by atoms with E-state index < -0.39 is 0 Å². The van der Waals surface area contributed by atoms with Crippen molar-refractivity contribution in [3.8, 4) is 0 Å². The average molecular weight is 594 g/mol. The molecule has 2 fully saturated rings. The number of aromatic nitrogens is 1. The van der Waals surface area contributed by atoms with Crippen LogP contribution in [0.15, 0.2) is 28.9 Å². The lowest BCUT2D eigenvalue weighted by Crippen LogP contribution is -2.44. The summed E-state index contributed by atoms with van der Waals surface area (Å²) in [6.45, 7) is 2.77. The molecule has 2 aliphatic heterocycles. The molecule has 1 unspecified atom stereocenters. The SMILES string of the molecule is NC(=O)N1CCC(CC(=O)N2CCC(C3c4ncc(Br)cc4CCc4cc(Cl)cc(Cl)c43)CC2)CC1. The van der Waals surface area contributed by atoms with Crippen molar-refractivity contribution in [2.24, 2.45) is 17.6 Å². The zero-order chi connectivity index (χ0) is 25.4. The lowest BCUT2D eigenvalue weighted by molar-refractivity contribution is -0.134. The zero-order valence-electron chi connectivity index (χ0n) is 20.2. The molecular weight excluding hydrogens is 563 g/mol. The van der Waals surface area contributed by atoms with Crippen LogP contribution in [-0.4, -0.2) is 52.9 Å². The standard InChI is InChI=1S/C27H31BrCl2N4O2/c28-20-12-19-2-1-18-13-21(29)14-22(30)24(18)25(26(19)32-15-20)17-5-9-33(10-6-17)23(35)11-16-3-7-34(8-4-16)27(31)36/h12-17,25H,1-11H2,(H2,31,36). The highest BCUT2D eigenvalue weighted by Crippen LogP contribution is 2.46. The van der Waals surface area contributed by atoms with Crippen LogP contribution < -0.4 is 5.73 Å². The van der Waals surface area contributed by atoms with Gasteiger partial charge in [0.15, 0.2) is 0 Å². The molecule has 5 rings (SSSR count). The molecule has 0 spiro atoms. The summed E-state index contributed by atoms with van der Waals surface area (Å²) in [5.74, 6) is 0.971. The summed E-state index contributed by atoms with van der Waals surface area (Å²) in [6, 6.07) is 5.71. The highest BCUT2D eigenvalue weighted by atomic mass is 79.9. The predicted molar refractivity (Wildman–Crippen MR) is 145 cm³/mol. The fourth-order valence-corrected chi connectivity index (χ4v) is 7.28. The number of amides is 3. The van der Waals surface area contributed by atoms with Gasteiger partial charge in [0, 0.05) is 59.2 Å². The van der Waals surface area contributed by atoms with Crippen molar-refractivity contribution in [2.45, 2.75) is 50.9 Å². The molecule has 6 nitrogen and oxygen atoms in total. The van der Waals surface area contributed by atoms with Crippen LogP contribution in [0, 0.1) is 11.8 Å². The lowest BCUT2D eigenvalue weighted by atomic mass is 9.76. The Bertz CT molecular complexity index is 1160. The van der Waals surface area contributed by atoms with Crippen LogP contribution in [0.3, 0.4) is 0 Å². The largest absolute Gasteiger partial charge is 0.351 e. The number of aryl methyl sites for hydroxylation is 2. The maximum atomic E-state index is 13.1. The van der Waals surface area contributed by atoms with Crippen molar-refractivity contribution in [3.63, 3.8) is 0 Å².